The second-order valence-electron chi connectivity index (χ2n) is 20.4. The number of hydrogen-bond acceptors (Lipinski definition) is 5. The SMILES string of the molecule is CCCCCCCC/C=C\CCCCCC(=O)OC(CCCCCCCCCCCCCCCCCCC)CC(=O)NC(CO)C(O)CCCCCCCCCCCCCCCCCC. The van der Waals surface area contributed by atoms with E-state index in [0.29, 0.717) is 19.3 Å². The van der Waals surface area contributed by atoms with Crippen molar-refractivity contribution < 1.29 is 24.5 Å². The van der Waals surface area contributed by atoms with Crippen LogP contribution in [0.5, 0.6) is 0 Å². The summed E-state index contributed by atoms with van der Waals surface area (Å²) in [6.07, 6.45) is 61.4. The van der Waals surface area contributed by atoms with Crippen LogP contribution in [-0.4, -0.2) is 46.9 Å². The highest BCUT2D eigenvalue weighted by molar-refractivity contribution is 5.77. The lowest BCUT2D eigenvalue weighted by Crippen LogP contribution is -2.46. The van der Waals surface area contributed by atoms with Gasteiger partial charge in [0.1, 0.15) is 6.10 Å². The Hall–Kier alpha value is -1.40. The number of amides is 1. The van der Waals surface area contributed by atoms with E-state index in [1.807, 2.05) is 0 Å². The Bertz CT molecular complexity index is 986. The quantitative estimate of drug-likeness (QED) is 0.0321. The fourth-order valence-corrected chi connectivity index (χ4v) is 9.37. The van der Waals surface area contributed by atoms with Gasteiger partial charge in [0.15, 0.2) is 0 Å². The molecule has 3 unspecified atom stereocenters. The van der Waals surface area contributed by atoms with E-state index < -0.39 is 18.2 Å². The molecule has 3 atom stereocenters. The molecule has 0 fully saturated rings. The van der Waals surface area contributed by atoms with Gasteiger partial charge in [0.25, 0.3) is 0 Å². The normalized spacial score (nSPS) is 13.1. The lowest BCUT2D eigenvalue weighted by molar-refractivity contribution is -0.151. The Labute approximate surface area is 406 Å². The summed E-state index contributed by atoms with van der Waals surface area (Å²) in [5, 5.41) is 23.9. The third-order valence-corrected chi connectivity index (χ3v) is 13.8. The molecule has 0 radical (unpaired) electrons. The van der Waals surface area contributed by atoms with Crippen molar-refractivity contribution >= 4 is 11.9 Å². The third kappa shape index (κ3) is 48.9. The summed E-state index contributed by atoms with van der Waals surface area (Å²) in [4.78, 5) is 26.3. The number of rotatable bonds is 54. The highest BCUT2D eigenvalue weighted by Gasteiger charge is 2.24. The van der Waals surface area contributed by atoms with Crippen LogP contribution in [-0.2, 0) is 14.3 Å². The summed E-state index contributed by atoms with van der Waals surface area (Å²) < 4.78 is 5.96. The fourth-order valence-electron chi connectivity index (χ4n) is 9.37. The number of carbonyl (C=O) groups excluding carboxylic acids is 2. The number of nitrogens with one attached hydrogen (secondary N) is 1. The van der Waals surface area contributed by atoms with Crippen molar-refractivity contribution in [2.45, 2.75) is 347 Å². The van der Waals surface area contributed by atoms with Crippen LogP contribution in [0.3, 0.4) is 0 Å². The average Bonchev–Trinajstić information content (AvgIpc) is 3.30. The summed E-state index contributed by atoms with van der Waals surface area (Å²) in [6.45, 7) is 6.52. The van der Waals surface area contributed by atoms with Gasteiger partial charge in [-0.3, -0.25) is 9.59 Å². The third-order valence-electron chi connectivity index (χ3n) is 13.8. The standard InChI is InChI=1S/C59H115NO5/c1-4-7-10-13-16-19-22-25-27-29-30-33-35-38-41-44-47-50-55(65-59(64)52-49-46-43-40-37-32-24-21-18-15-12-9-6-3)53-58(63)60-56(54-61)57(62)51-48-45-42-39-36-34-31-28-26-23-20-17-14-11-8-5-2/h32,37,55-57,61-62H,4-31,33-36,38-54H2,1-3H3,(H,60,63)/b37-32-. The van der Waals surface area contributed by atoms with Crippen molar-refractivity contribution in [1.82, 2.24) is 5.32 Å². The summed E-state index contributed by atoms with van der Waals surface area (Å²) in [5.41, 5.74) is 0. The van der Waals surface area contributed by atoms with Crippen LogP contribution in [0.1, 0.15) is 329 Å². The topological polar surface area (TPSA) is 95.9 Å². The minimum absolute atomic E-state index is 0.0796. The van der Waals surface area contributed by atoms with E-state index in [4.69, 9.17) is 4.74 Å². The van der Waals surface area contributed by atoms with Gasteiger partial charge in [-0.2, -0.15) is 0 Å². The van der Waals surface area contributed by atoms with Crippen LogP contribution in [0.15, 0.2) is 12.2 Å². The Morgan fingerprint density at radius 1 is 0.431 bits per heavy atom. The summed E-state index contributed by atoms with van der Waals surface area (Å²) >= 11 is 0. The van der Waals surface area contributed by atoms with Crippen LogP contribution in [0, 0.1) is 0 Å². The second-order valence-corrected chi connectivity index (χ2v) is 20.4. The van der Waals surface area contributed by atoms with Gasteiger partial charge in [-0.1, -0.05) is 277 Å². The first kappa shape index (κ1) is 63.6. The monoisotopic (exact) mass is 918 g/mol. The maximum absolute atomic E-state index is 13.3. The predicted octanol–water partition coefficient (Wildman–Crippen LogP) is 18.1. The van der Waals surface area contributed by atoms with E-state index in [-0.39, 0.29) is 24.9 Å². The average molecular weight is 919 g/mol. The van der Waals surface area contributed by atoms with E-state index in [0.717, 1.165) is 51.4 Å². The summed E-state index contributed by atoms with van der Waals surface area (Å²) in [5.74, 6) is -0.469. The Kier molecular flexibility index (Phi) is 52.4. The van der Waals surface area contributed by atoms with Crippen molar-refractivity contribution in [3.8, 4) is 0 Å². The van der Waals surface area contributed by atoms with E-state index in [9.17, 15) is 19.8 Å². The molecule has 0 aromatic rings. The zero-order valence-corrected chi connectivity index (χ0v) is 44.2. The molecular weight excluding hydrogens is 803 g/mol. The van der Waals surface area contributed by atoms with Crippen molar-refractivity contribution in [2.24, 2.45) is 0 Å². The second kappa shape index (κ2) is 53.6. The lowest BCUT2D eigenvalue weighted by atomic mass is 10.0. The van der Waals surface area contributed by atoms with Gasteiger partial charge >= 0.3 is 5.97 Å². The molecule has 0 spiro atoms. The maximum Gasteiger partial charge on any atom is 0.306 e. The molecule has 0 saturated heterocycles. The van der Waals surface area contributed by atoms with Crippen molar-refractivity contribution in [3.63, 3.8) is 0 Å². The number of aliphatic hydroxyl groups is 2. The first-order valence-electron chi connectivity index (χ1n) is 29.4. The molecule has 0 saturated carbocycles. The summed E-state index contributed by atoms with van der Waals surface area (Å²) in [7, 11) is 0. The molecular formula is C59H115NO5. The zero-order chi connectivity index (χ0) is 47.4. The molecule has 0 aliphatic carbocycles. The van der Waals surface area contributed by atoms with Gasteiger partial charge in [0.05, 0.1) is 25.2 Å². The first-order chi connectivity index (χ1) is 32.0. The molecule has 0 rings (SSSR count). The number of esters is 1. The molecule has 0 aliphatic heterocycles. The predicted molar refractivity (Wildman–Crippen MR) is 283 cm³/mol. The fraction of sp³-hybridized carbons (Fsp3) is 0.932. The van der Waals surface area contributed by atoms with E-state index in [1.54, 1.807) is 0 Å². The minimum atomic E-state index is -0.785. The van der Waals surface area contributed by atoms with E-state index in [2.05, 4.69) is 38.2 Å². The van der Waals surface area contributed by atoms with Gasteiger partial charge < -0.3 is 20.3 Å². The molecule has 6 nitrogen and oxygen atoms in total. The van der Waals surface area contributed by atoms with Crippen molar-refractivity contribution in [2.75, 3.05) is 6.61 Å². The number of carbonyl (C=O) groups is 2. The van der Waals surface area contributed by atoms with Crippen molar-refractivity contribution in [3.05, 3.63) is 12.2 Å². The molecule has 386 valence electrons. The van der Waals surface area contributed by atoms with Gasteiger partial charge in [-0.15, -0.1) is 0 Å². The van der Waals surface area contributed by atoms with E-state index >= 15 is 0 Å². The molecule has 65 heavy (non-hydrogen) atoms. The number of unbranched alkanes of at least 4 members (excludes halogenated alkanes) is 40. The Morgan fingerprint density at radius 3 is 1.09 bits per heavy atom. The lowest BCUT2D eigenvalue weighted by Gasteiger charge is -2.24. The molecule has 0 aromatic heterocycles. The number of aliphatic hydroxyl groups excluding tert-OH is 2. The van der Waals surface area contributed by atoms with Crippen LogP contribution >= 0.6 is 0 Å². The number of ether oxygens (including phenoxy) is 1. The Balaban J connectivity index is 4.50. The molecule has 0 aromatic carbocycles. The van der Waals surface area contributed by atoms with Gasteiger partial charge in [-0.25, -0.2) is 0 Å². The first-order valence-corrected chi connectivity index (χ1v) is 29.4. The van der Waals surface area contributed by atoms with Crippen LogP contribution in [0.2, 0.25) is 0 Å². The van der Waals surface area contributed by atoms with Gasteiger partial charge in [0, 0.05) is 6.42 Å². The largest absolute Gasteiger partial charge is 0.462 e. The van der Waals surface area contributed by atoms with Crippen LogP contribution in [0.4, 0.5) is 0 Å². The summed E-state index contributed by atoms with van der Waals surface area (Å²) in [6, 6.07) is -0.699. The molecule has 6 heteroatoms. The van der Waals surface area contributed by atoms with Gasteiger partial charge in [0.2, 0.25) is 5.91 Å². The smallest absolute Gasteiger partial charge is 0.306 e. The Morgan fingerprint density at radius 2 is 0.738 bits per heavy atom. The van der Waals surface area contributed by atoms with Crippen LogP contribution in [0.25, 0.3) is 0 Å². The highest BCUT2D eigenvalue weighted by atomic mass is 16.5. The zero-order valence-electron chi connectivity index (χ0n) is 44.2. The maximum atomic E-state index is 13.3. The molecule has 3 N–H and O–H groups in total. The van der Waals surface area contributed by atoms with Crippen molar-refractivity contribution in [1.29, 1.82) is 0 Å². The highest BCUT2D eigenvalue weighted by Crippen LogP contribution is 2.19. The number of hydrogen-bond donors (Lipinski definition) is 3. The molecule has 0 aliphatic rings. The number of allylic oxidation sites excluding steroid dienone is 2. The molecule has 0 bridgehead atoms. The minimum Gasteiger partial charge on any atom is -0.462 e. The molecule has 1 amide bonds. The van der Waals surface area contributed by atoms with Crippen LogP contribution < -0.4 is 5.32 Å². The van der Waals surface area contributed by atoms with Gasteiger partial charge in [-0.05, 0) is 51.4 Å². The molecule has 0 heterocycles. The van der Waals surface area contributed by atoms with E-state index in [1.165, 1.54) is 231 Å².